The molecule has 0 spiro atoms. The molecule has 41 heavy (non-hydrogen) atoms. The Labute approximate surface area is 239 Å². The van der Waals surface area contributed by atoms with E-state index >= 15 is 0 Å². The van der Waals surface area contributed by atoms with E-state index in [9.17, 15) is 14.7 Å². The lowest BCUT2D eigenvalue weighted by atomic mass is 10.1. The highest BCUT2D eigenvalue weighted by atomic mass is 16.5. The van der Waals surface area contributed by atoms with E-state index in [0.717, 1.165) is 30.5 Å². The highest BCUT2D eigenvalue weighted by molar-refractivity contribution is 5.93. The van der Waals surface area contributed by atoms with Crippen LogP contribution < -0.4 is 9.84 Å². The van der Waals surface area contributed by atoms with E-state index in [1.54, 1.807) is 28.1 Å². The number of hydrogen-bond donors (Lipinski definition) is 0. The summed E-state index contributed by atoms with van der Waals surface area (Å²) in [4.78, 5) is 41.7. The number of imidazole rings is 1. The summed E-state index contributed by atoms with van der Waals surface area (Å²) in [5, 5.41) is 13.3. The number of ether oxygens (including phenoxy) is 1. The second-order valence-corrected chi connectivity index (χ2v) is 10.5. The molecule has 0 saturated carbocycles. The third kappa shape index (κ3) is 6.16. The molecule has 10 heteroatoms. The third-order valence-corrected chi connectivity index (χ3v) is 7.72. The van der Waals surface area contributed by atoms with Gasteiger partial charge >= 0.3 is 0 Å². The third-order valence-electron chi connectivity index (χ3n) is 7.72. The van der Waals surface area contributed by atoms with Gasteiger partial charge in [-0.1, -0.05) is 19.2 Å². The van der Waals surface area contributed by atoms with E-state index in [1.165, 1.54) is 12.2 Å². The molecule has 5 rings (SSSR count). The van der Waals surface area contributed by atoms with Crippen LogP contribution in [0.1, 0.15) is 49.4 Å². The van der Waals surface area contributed by atoms with Crippen molar-refractivity contribution in [2.75, 3.05) is 26.2 Å². The van der Waals surface area contributed by atoms with Crippen LogP contribution >= 0.6 is 0 Å². The number of carbonyl (C=O) groups excluding carboxylic acids is 2. The SMILES string of the molecule is C=CC(=O)N1CCC(Oc2cccc3nc(/N=C(\[O-])c4ccnc(C)c4)n([C@@H]4CCCCN(C(=O)C=C)C4)c23)CC1. The highest BCUT2D eigenvalue weighted by Gasteiger charge is 2.29. The molecule has 10 nitrogen and oxygen atoms in total. The average molecular weight is 556 g/mol. The number of aryl methyl sites for hydroxylation is 1. The van der Waals surface area contributed by atoms with Crippen molar-refractivity contribution in [1.82, 2.24) is 24.3 Å². The Bertz CT molecular complexity index is 1490. The quantitative estimate of drug-likeness (QED) is 0.250. The van der Waals surface area contributed by atoms with Crippen LogP contribution in [0.4, 0.5) is 5.95 Å². The minimum Gasteiger partial charge on any atom is -0.858 e. The molecule has 0 radical (unpaired) electrons. The van der Waals surface area contributed by atoms with Crippen LogP contribution in [0.2, 0.25) is 0 Å². The Morgan fingerprint density at radius 1 is 1.05 bits per heavy atom. The molecule has 2 amide bonds. The molecule has 2 aliphatic rings. The van der Waals surface area contributed by atoms with E-state index in [-0.39, 0.29) is 29.9 Å². The molecule has 3 aromatic rings. The van der Waals surface area contributed by atoms with Gasteiger partial charge in [0.1, 0.15) is 17.4 Å². The number of aromatic nitrogens is 3. The van der Waals surface area contributed by atoms with E-state index in [1.807, 2.05) is 29.7 Å². The Kier molecular flexibility index (Phi) is 8.47. The van der Waals surface area contributed by atoms with E-state index in [4.69, 9.17) is 9.72 Å². The smallest absolute Gasteiger partial charge is 0.246 e. The number of rotatable bonds is 7. The zero-order chi connectivity index (χ0) is 28.9. The Morgan fingerprint density at radius 3 is 2.54 bits per heavy atom. The maximum absolute atomic E-state index is 13.3. The molecule has 1 aromatic carbocycles. The number of carbonyl (C=O) groups is 2. The van der Waals surface area contributed by atoms with Crippen LogP contribution in [0.15, 0.2) is 66.8 Å². The summed E-state index contributed by atoms with van der Waals surface area (Å²) in [5.41, 5.74) is 2.55. The van der Waals surface area contributed by atoms with Gasteiger partial charge in [-0.05, 0) is 74.1 Å². The number of pyridine rings is 1. The van der Waals surface area contributed by atoms with Crippen molar-refractivity contribution < 1.29 is 19.4 Å². The van der Waals surface area contributed by atoms with Gasteiger partial charge in [0.15, 0.2) is 0 Å². The number of benzene rings is 1. The first-order valence-corrected chi connectivity index (χ1v) is 14.1. The number of fused-ring (bicyclic) bond motifs is 1. The van der Waals surface area contributed by atoms with Gasteiger partial charge in [-0.25, -0.2) is 9.98 Å². The molecule has 4 heterocycles. The van der Waals surface area contributed by atoms with Crippen LogP contribution in [-0.2, 0) is 9.59 Å². The minimum atomic E-state index is -0.415. The molecule has 2 aliphatic heterocycles. The molecule has 0 bridgehead atoms. The lowest BCUT2D eigenvalue weighted by Crippen LogP contribution is -2.41. The maximum atomic E-state index is 13.3. The van der Waals surface area contributed by atoms with Crippen LogP contribution in [0.3, 0.4) is 0 Å². The summed E-state index contributed by atoms with van der Waals surface area (Å²) in [7, 11) is 0. The van der Waals surface area contributed by atoms with Gasteiger partial charge in [0.05, 0.1) is 11.6 Å². The highest BCUT2D eigenvalue weighted by Crippen LogP contribution is 2.37. The Balaban J connectivity index is 1.56. The minimum absolute atomic E-state index is 0.0732. The maximum Gasteiger partial charge on any atom is 0.246 e. The molecule has 2 aromatic heterocycles. The molecule has 2 saturated heterocycles. The summed E-state index contributed by atoms with van der Waals surface area (Å²) in [5.74, 6) is 0.306. The molecule has 1 atom stereocenters. The summed E-state index contributed by atoms with van der Waals surface area (Å²) in [6, 6.07) is 8.83. The first kappa shape index (κ1) is 28.1. The summed E-state index contributed by atoms with van der Waals surface area (Å²) in [6.07, 6.45) is 8.11. The largest absolute Gasteiger partial charge is 0.858 e. The monoisotopic (exact) mass is 555 g/mol. The van der Waals surface area contributed by atoms with Crippen LogP contribution in [0.5, 0.6) is 5.75 Å². The van der Waals surface area contributed by atoms with Crippen molar-refractivity contribution in [3.05, 3.63) is 73.1 Å². The molecular formula is C31H35N6O4-. The molecule has 214 valence electrons. The Hall–Kier alpha value is -4.47. The van der Waals surface area contributed by atoms with Gasteiger partial charge in [-0.2, -0.15) is 0 Å². The first-order chi connectivity index (χ1) is 19.9. The average Bonchev–Trinajstić information content (AvgIpc) is 3.17. The topological polar surface area (TPSA) is 116 Å². The zero-order valence-electron chi connectivity index (χ0n) is 23.4. The Morgan fingerprint density at radius 2 is 1.80 bits per heavy atom. The second-order valence-electron chi connectivity index (χ2n) is 10.5. The van der Waals surface area contributed by atoms with Gasteiger partial charge < -0.3 is 24.2 Å². The number of aliphatic imine (C=N–C) groups is 1. The van der Waals surface area contributed by atoms with Crippen molar-refractivity contribution in [2.24, 2.45) is 4.99 Å². The van der Waals surface area contributed by atoms with Gasteiger partial charge in [-0.3, -0.25) is 14.6 Å². The summed E-state index contributed by atoms with van der Waals surface area (Å²) >= 11 is 0. The van der Waals surface area contributed by atoms with Crippen molar-refractivity contribution >= 4 is 34.7 Å². The number of amides is 2. The van der Waals surface area contributed by atoms with Gasteiger partial charge in [0, 0.05) is 50.9 Å². The fourth-order valence-corrected chi connectivity index (χ4v) is 5.62. The van der Waals surface area contributed by atoms with E-state index < -0.39 is 5.90 Å². The normalized spacial score (nSPS) is 18.7. The van der Waals surface area contributed by atoms with Crippen molar-refractivity contribution in [1.29, 1.82) is 0 Å². The predicted octanol–water partition coefficient (Wildman–Crippen LogP) is 3.47. The van der Waals surface area contributed by atoms with Gasteiger partial charge in [0.2, 0.25) is 17.8 Å². The summed E-state index contributed by atoms with van der Waals surface area (Å²) in [6.45, 7) is 11.3. The molecule has 0 aliphatic carbocycles. The lowest BCUT2D eigenvalue weighted by Gasteiger charge is -2.32. The number of likely N-dealkylation sites (tertiary alicyclic amines) is 2. The first-order valence-electron chi connectivity index (χ1n) is 14.1. The standard InChI is InChI=1S/C31H36N6O4/c1-4-27(38)35-17-13-24(14-18-35)41-26-11-8-10-25-29(26)37(23-9-6-7-16-36(20-23)28(39)5-2)31(33-25)34-30(40)22-12-15-32-21(3)19-22/h4-5,8,10-12,15,19,23-24H,1-2,6-7,9,13-14,16-18,20H2,3H3,(H,33,34,40)/p-1/t23-/m1/s1. The van der Waals surface area contributed by atoms with Crippen LogP contribution in [0.25, 0.3) is 11.0 Å². The number of nitrogens with zero attached hydrogens (tertiary/aromatic N) is 6. The van der Waals surface area contributed by atoms with Gasteiger partial charge in [-0.15, -0.1) is 0 Å². The van der Waals surface area contributed by atoms with E-state index in [2.05, 4.69) is 23.1 Å². The van der Waals surface area contributed by atoms with Crippen LogP contribution in [0, 0.1) is 6.92 Å². The van der Waals surface area contributed by atoms with Crippen LogP contribution in [-0.4, -0.2) is 74.3 Å². The van der Waals surface area contributed by atoms with Gasteiger partial charge in [0.25, 0.3) is 0 Å². The summed E-state index contributed by atoms with van der Waals surface area (Å²) < 4.78 is 8.52. The fraction of sp³-hybridized carbons (Fsp3) is 0.387. The zero-order valence-corrected chi connectivity index (χ0v) is 23.4. The number of para-hydroxylation sites is 1. The second kappa shape index (κ2) is 12.4. The fourth-order valence-electron chi connectivity index (χ4n) is 5.62. The lowest BCUT2D eigenvalue weighted by molar-refractivity contribution is -0.212. The number of hydrogen-bond acceptors (Lipinski definition) is 7. The molecule has 0 N–H and O–H groups in total. The predicted molar refractivity (Wildman–Crippen MR) is 155 cm³/mol. The number of piperidine rings is 1. The van der Waals surface area contributed by atoms with E-state index in [0.29, 0.717) is 55.9 Å². The molecular weight excluding hydrogens is 520 g/mol. The van der Waals surface area contributed by atoms with Crippen molar-refractivity contribution in [3.63, 3.8) is 0 Å². The van der Waals surface area contributed by atoms with Crippen molar-refractivity contribution in [2.45, 2.75) is 51.2 Å². The molecule has 2 fully saturated rings. The molecule has 0 unspecified atom stereocenters. The van der Waals surface area contributed by atoms with Crippen molar-refractivity contribution in [3.8, 4) is 5.75 Å².